The molecule has 0 bridgehead atoms. The quantitative estimate of drug-likeness (QED) is 0.175. The van der Waals surface area contributed by atoms with Crippen LogP contribution in [0.25, 0.3) is 116 Å². The van der Waals surface area contributed by atoms with E-state index >= 15 is 0 Å². The molecule has 0 saturated carbocycles. The van der Waals surface area contributed by atoms with Crippen LogP contribution in [0.1, 0.15) is 13.8 Å². The predicted molar refractivity (Wildman–Crippen MR) is 250 cm³/mol. The Labute approximate surface area is 346 Å². The second kappa shape index (κ2) is 14.5. The summed E-state index contributed by atoms with van der Waals surface area (Å²) in [5.41, 5.74) is 9.89. The van der Waals surface area contributed by atoms with E-state index in [0.717, 1.165) is 87.9 Å². The Morgan fingerprint density at radius 2 is 0.983 bits per heavy atom. The van der Waals surface area contributed by atoms with Gasteiger partial charge in [0.05, 0.1) is 11.0 Å². The molecular weight excluding hydrogens is 733 g/mol. The highest BCUT2D eigenvalue weighted by atomic mass is 16.3. The minimum absolute atomic E-state index is 0.543. The first-order valence-electron chi connectivity index (χ1n) is 20.5. The Hall–Kier alpha value is -7.89. The van der Waals surface area contributed by atoms with Crippen molar-refractivity contribution >= 4 is 65.3 Å². The number of para-hydroxylation sites is 3. The van der Waals surface area contributed by atoms with E-state index in [9.17, 15) is 0 Å². The summed E-state index contributed by atoms with van der Waals surface area (Å²) in [5, 5.41) is 9.09. The number of aromatic nitrogens is 4. The summed E-state index contributed by atoms with van der Waals surface area (Å²) >= 11 is 0. The maximum atomic E-state index is 6.79. The number of hydrogen-bond donors (Lipinski definition) is 0. The molecule has 0 atom stereocenters. The second-order valence-electron chi connectivity index (χ2n) is 14.8. The summed E-state index contributed by atoms with van der Waals surface area (Å²) < 4.78 is 9.01. The number of rotatable bonds is 5. The van der Waals surface area contributed by atoms with Crippen molar-refractivity contribution in [1.29, 1.82) is 0 Å². The van der Waals surface area contributed by atoms with Crippen molar-refractivity contribution in [3.8, 4) is 51.0 Å². The van der Waals surface area contributed by atoms with Gasteiger partial charge in [-0.05, 0) is 50.9 Å². The summed E-state index contributed by atoms with van der Waals surface area (Å²) in [6.45, 7) is 4.00. The van der Waals surface area contributed by atoms with Crippen LogP contribution in [0.15, 0.2) is 199 Å². The molecule has 5 heteroatoms. The average Bonchev–Trinajstić information content (AvgIpc) is 3.89. The van der Waals surface area contributed by atoms with Gasteiger partial charge in [0.2, 0.25) is 5.95 Å². The molecule has 0 saturated heterocycles. The first-order valence-corrected chi connectivity index (χ1v) is 20.5. The Morgan fingerprint density at radius 1 is 0.400 bits per heavy atom. The van der Waals surface area contributed by atoms with Crippen molar-refractivity contribution in [3.63, 3.8) is 0 Å². The molecule has 3 aromatic heterocycles. The van der Waals surface area contributed by atoms with Gasteiger partial charge in [0.15, 0.2) is 11.6 Å². The summed E-state index contributed by atoms with van der Waals surface area (Å²) in [6, 6.07) is 67.9. The van der Waals surface area contributed by atoms with Crippen LogP contribution in [-0.4, -0.2) is 19.5 Å². The maximum Gasteiger partial charge on any atom is 0.238 e. The van der Waals surface area contributed by atoms with E-state index in [1.165, 1.54) is 10.8 Å². The molecule has 3 heterocycles. The molecule has 0 spiro atoms. The molecule has 9 aromatic carbocycles. The van der Waals surface area contributed by atoms with Crippen LogP contribution < -0.4 is 0 Å². The third-order valence-corrected chi connectivity index (χ3v) is 11.5. The number of nitrogens with zero attached hydrogens (tertiary/aromatic N) is 4. The van der Waals surface area contributed by atoms with Crippen LogP contribution in [0.2, 0.25) is 0 Å². The van der Waals surface area contributed by atoms with Crippen molar-refractivity contribution in [3.05, 3.63) is 194 Å². The van der Waals surface area contributed by atoms with Gasteiger partial charge in [-0.3, -0.25) is 4.57 Å². The van der Waals surface area contributed by atoms with Gasteiger partial charge >= 0.3 is 0 Å². The zero-order valence-electron chi connectivity index (χ0n) is 33.2. The lowest BCUT2D eigenvalue weighted by Gasteiger charge is -2.13. The van der Waals surface area contributed by atoms with Gasteiger partial charge in [0, 0.05) is 43.8 Å². The maximum absolute atomic E-state index is 6.79. The molecule has 0 unspecified atom stereocenters. The highest BCUT2D eigenvalue weighted by molar-refractivity contribution is 6.22. The molecule has 12 aromatic rings. The molecule has 0 N–H and O–H groups in total. The van der Waals surface area contributed by atoms with E-state index in [1.807, 2.05) is 19.9 Å². The summed E-state index contributed by atoms with van der Waals surface area (Å²) in [7, 11) is 0. The monoisotopic (exact) mass is 770 g/mol. The van der Waals surface area contributed by atoms with Crippen LogP contribution in [0.3, 0.4) is 0 Å². The Bertz CT molecular complexity index is 3560. The van der Waals surface area contributed by atoms with E-state index in [2.05, 4.69) is 193 Å². The van der Waals surface area contributed by atoms with E-state index in [-0.39, 0.29) is 0 Å². The Morgan fingerprint density at radius 3 is 1.80 bits per heavy atom. The minimum Gasteiger partial charge on any atom is -0.455 e. The standard InChI is InChI=1S/C53H32N4O.C2H6/c1-2-12-33(13-3-1)35-24-27-37(28-25-35)51-54-52(39-29-26-34-14-4-5-16-38(34)32-39)56-53(55-51)57-46-23-9-8-18-41(46)42-19-10-20-43(49(42)57)44-21-11-22-45-48-40-17-7-6-15-36(40)30-31-47(48)58-50(44)45;1-2/h1-32H;1-2H3. The molecule has 12 rings (SSSR count). The van der Waals surface area contributed by atoms with E-state index in [0.29, 0.717) is 17.6 Å². The average molecular weight is 771 g/mol. The highest BCUT2D eigenvalue weighted by Gasteiger charge is 2.23. The summed E-state index contributed by atoms with van der Waals surface area (Å²) in [5.74, 6) is 1.75. The second-order valence-corrected chi connectivity index (χ2v) is 14.8. The molecular formula is C55H38N4O. The molecule has 0 aliphatic carbocycles. The lowest BCUT2D eigenvalue weighted by molar-refractivity contribution is 0.670. The van der Waals surface area contributed by atoms with E-state index in [4.69, 9.17) is 19.4 Å². The lowest BCUT2D eigenvalue weighted by atomic mass is 9.98. The minimum atomic E-state index is 0.543. The molecule has 284 valence electrons. The lowest BCUT2D eigenvalue weighted by Crippen LogP contribution is -2.07. The molecule has 0 aliphatic rings. The summed E-state index contributed by atoms with van der Waals surface area (Å²) in [4.78, 5) is 15.8. The van der Waals surface area contributed by atoms with Crippen molar-refractivity contribution in [1.82, 2.24) is 19.5 Å². The van der Waals surface area contributed by atoms with Crippen molar-refractivity contribution in [2.45, 2.75) is 13.8 Å². The third kappa shape index (κ3) is 5.74. The fourth-order valence-corrected chi connectivity index (χ4v) is 8.72. The molecule has 0 amide bonds. The fourth-order valence-electron chi connectivity index (χ4n) is 8.72. The Balaban J connectivity index is 0.00000201. The SMILES string of the molecule is CC.c1ccc(-c2ccc(-c3nc(-c4ccc5ccccc5c4)nc(-n4c5ccccc5c5cccc(-c6cccc7c6oc6ccc8ccccc8c67)c54)n3)cc2)cc1. The molecule has 0 radical (unpaired) electrons. The van der Waals surface area contributed by atoms with Gasteiger partial charge in [-0.1, -0.05) is 190 Å². The van der Waals surface area contributed by atoms with Gasteiger partial charge in [0.1, 0.15) is 11.2 Å². The topological polar surface area (TPSA) is 56.7 Å². The van der Waals surface area contributed by atoms with Gasteiger partial charge < -0.3 is 4.42 Å². The number of furan rings is 1. The largest absolute Gasteiger partial charge is 0.455 e. The van der Waals surface area contributed by atoms with Gasteiger partial charge in [-0.15, -0.1) is 0 Å². The van der Waals surface area contributed by atoms with Crippen LogP contribution in [-0.2, 0) is 0 Å². The number of benzene rings is 9. The van der Waals surface area contributed by atoms with Gasteiger partial charge in [-0.25, -0.2) is 4.98 Å². The number of hydrogen-bond acceptors (Lipinski definition) is 4. The van der Waals surface area contributed by atoms with Gasteiger partial charge in [-0.2, -0.15) is 9.97 Å². The first-order chi connectivity index (χ1) is 29.7. The zero-order chi connectivity index (χ0) is 40.2. The first kappa shape index (κ1) is 35.3. The van der Waals surface area contributed by atoms with Crippen molar-refractivity contribution in [2.75, 3.05) is 0 Å². The molecule has 0 fully saturated rings. The predicted octanol–water partition coefficient (Wildman–Crippen LogP) is 14.9. The van der Waals surface area contributed by atoms with Crippen LogP contribution in [0.4, 0.5) is 0 Å². The molecule has 0 aliphatic heterocycles. The van der Waals surface area contributed by atoms with Gasteiger partial charge in [0.25, 0.3) is 0 Å². The van der Waals surface area contributed by atoms with Crippen LogP contribution in [0, 0.1) is 0 Å². The van der Waals surface area contributed by atoms with E-state index < -0.39 is 0 Å². The van der Waals surface area contributed by atoms with Crippen LogP contribution in [0.5, 0.6) is 0 Å². The highest BCUT2D eigenvalue weighted by Crippen LogP contribution is 2.43. The fraction of sp³-hybridized carbons (Fsp3) is 0.0364. The summed E-state index contributed by atoms with van der Waals surface area (Å²) in [6.07, 6.45) is 0. The zero-order valence-corrected chi connectivity index (χ0v) is 33.2. The Kier molecular flexibility index (Phi) is 8.52. The smallest absolute Gasteiger partial charge is 0.238 e. The third-order valence-electron chi connectivity index (χ3n) is 11.5. The van der Waals surface area contributed by atoms with Crippen molar-refractivity contribution in [2.24, 2.45) is 0 Å². The van der Waals surface area contributed by atoms with Crippen LogP contribution >= 0.6 is 0 Å². The van der Waals surface area contributed by atoms with Crippen molar-refractivity contribution < 1.29 is 4.42 Å². The number of fused-ring (bicyclic) bond motifs is 9. The van der Waals surface area contributed by atoms with E-state index in [1.54, 1.807) is 0 Å². The molecule has 5 nitrogen and oxygen atoms in total. The molecule has 60 heavy (non-hydrogen) atoms. The normalized spacial score (nSPS) is 11.5.